The number of fused-ring (bicyclic) bond motifs is 1. The predicted octanol–water partition coefficient (Wildman–Crippen LogP) is 3.05. The highest BCUT2D eigenvalue weighted by Gasteiger charge is 2.13. The van der Waals surface area contributed by atoms with Crippen molar-refractivity contribution >= 4 is 22.5 Å². The van der Waals surface area contributed by atoms with Crippen LogP contribution in [0.3, 0.4) is 0 Å². The molecular formula is C17H13NO3. The van der Waals surface area contributed by atoms with Gasteiger partial charge in [0.05, 0.1) is 12.8 Å². The van der Waals surface area contributed by atoms with Crippen molar-refractivity contribution in [1.82, 2.24) is 5.32 Å². The van der Waals surface area contributed by atoms with Crippen LogP contribution in [0.4, 0.5) is 0 Å². The predicted molar refractivity (Wildman–Crippen MR) is 79.3 cm³/mol. The second-order valence-electron chi connectivity index (χ2n) is 4.61. The Morgan fingerprint density at radius 1 is 0.952 bits per heavy atom. The summed E-state index contributed by atoms with van der Waals surface area (Å²) in [4.78, 5) is 24.0. The van der Waals surface area contributed by atoms with Gasteiger partial charge in [0.1, 0.15) is 0 Å². The van der Waals surface area contributed by atoms with Crippen LogP contribution in [0.5, 0.6) is 0 Å². The molecule has 0 saturated heterocycles. The fraction of sp³-hybridized carbons (Fsp3) is 0.0588. The molecule has 1 aromatic heterocycles. The number of nitrogens with one attached hydrogen (secondary N) is 1. The third-order valence-electron chi connectivity index (χ3n) is 3.24. The van der Waals surface area contributed by atoms with Gasteiger partial charge < -0.3 is 9.73 Å². The van der Waals surface area contributed by atoms with Crippen LogP contribution in [0.25, 0.3) is 10.8 Å². The first-order valence-corrected chi connectivity index (χ1v) is 6.58. The van der Waals surface area contributed by atoms with Gasteiger partial charge in [-0.2, -0.15) is 0 Å². The smallest absolute Gasteiger partial charge is 0.287 e. The maximum Gasteiger partial charge on any atom is 0.287 e. The van der Waals surface area contributed by atoms with Gasteiger partial charge in [0.25, 0.3) is 5.91 Å². The van der Waals surface area contributed by atoms with E-state index in [0.717, 1.165) is 10.8 Å². The summed E-state index contributed by atoms with van der Waals surface area (Å²) < 4.78 is 4.98. The lowest BCUT2D eigenvalue weighted by Gasteiger charge is -2.06. The Balaban J connectivity index is 1.77. The number of Topliss-reactive ketones (excluding diaryl/α,β-unsaturated/α-hetero) is 1. The number of hydrogen-bond donors (Lipinski definition) is 1. The summed E-state index contributed by atoms with van der Waals surface area (Å²) in [6, 6.07) is 16.4. The highest BCUT2D eigenvalue weighted by atomic mass is 16.3. The van der Waals surface area contributed by atoms with Gasteiger partial charge >= 0.3 is 0 Å². The van der Waals surface area contributed by atoms with Crippen LogP contribution in [0, 0.1) is 0 Å². The zero-order chi connectivity index (χ0) is 14.7. The molecule has 4 heteroatoms. The Kier molecular flexibility index (Phi) is 3.51. The van der Waals surface area contributed by atoms with E-state index in [2.05, 4.69) is 5.32 Å². The van der Waals surface area contributed by atoms with Crippen LogP contribution in [-0.4, -0.2) is 18.2 Å². The Morgan fingerprint density at radius 2 is 1.76 bits per heavy atom. The van der Waals surface area contributed by atoms with Crippen LogP contribution in [0.2, 0.25) is 0 Å². The molecule has 0 aliphatic heterocycles. The van der Waals surface area contributed by atoms with Crippen LogP contribution in [-0.2, 0) is 0 Å². The van der Waals surface area contributed by atoms with E-state index in [4.69, 9.17) is 4.42 Å². The number of ketones is 1. The number of carbonyl (C=O) groups excluding carboxylic acids is 2. The summed E-state index contributed by atoms with van der Waals surface area (Å²) in [5.74, 6) is -0.332. The van der Waals surface area contributed by atoms with Crippen molar-refractivity contribution in [2.75, 3.05) is 6.54 Å². The average molecular weight is 279 g/mol. The first-order valence-electron chi connectivity index (χ1n) is 6.58. The van der Waals surface area contributed by atoms with E-state index in [1.165, 1.54) is 6.26 Å². The molecule has 1 amide bonds. The fourth-order valence-corrected chi connectivity index (χ4v) is 2.22. The van der Waals surface area contributed by atoms with E-state index in [9.17, 15) is 9.59 Å². The van der Waals surface area contributed by atoms with E-state index in [1.807, 2.05) is 36.4 Å². The maximum atomic E-state index is 12.3. The van der Waals surface area contributed by atoms with Gasteiger partial charge in [0.2, 0.25) is 0 Å². The number of hydrogen-bond acceptors (Lipinski definition) is 3. The number of rotatable bonds is 4. The molecular weight excluding hydrogens is 266 g/mol. The van der Waals surface area contributed by atoms with Crippen molar-refractivity contribution in [2.24, 2.45) is 0 Å². The number of furan rings is 1. The summed E-state index contributed by atoms with van der Waals surface area (Å²) in [5, 5.41) is 4.45. The van der Waals surface area contributed by atoms with Crippen molar-refractivity contribution in [2.45, 2.75) is 0 Å². The molecule has 104 valence electrons. The maximum absolute atomic E-state index is 12.3. The molecule has 3 rings (SSSR count). The minimum Gasteiger partial charge on any atom is -0.459 e. The SMILES string of the molecule is O=C(NCC(=O)c1cccc2ccccc12)c1ccco1. The van der Waals surface area contributed by atoms with Gasteiger partial charge in [0.15, 0.2) is 11.5 Å². The lowest BCUT2D eigenvalue weighted by atomic mass is 10.0. The molecule has 21 heavy (non-hydrogen) atoms. The van der Waals surface area contributed by atoms with E-state index >= 15 is 0 Å². The molecule has 0 radical (unpaired) electrons. The molecule has 0 bridgehead atoms. The molecule has 2 aromatic carbocycles. The highest BCUT2D eigenvalue weighted by molar-refractivity contribution is 6.10. The van der Waals surface area contributed by atoms with Crippen LogP contribution in [0.1, 0.15) is 20.9 Å². The second-order valence-corrected chi connectivity index (χ2v) is 4.61. The largest absolute Gasteiger partial charge is 0.459 e. The Labute approximate surface area is 121 Å². The molecule has 0 unspecified atom stereocenters. The summed E-state index contributed by atoms with van der Waals surface area (Å²) in [5.41, 5.74) is 0.604. The topological polar surface area (TPSA) is 59.3 Å². The monoisotopic (exact) mass is 279 g/mol. The number of benzene rings is 2. The fourth-order valence-electron chi connectivity index (χ4n) is 2.22. The Morgan fingerprint density at radius 3 is 2.57 bits per heavy atom. The summed E-state index contributed by atoms with van der Waals surface area (Å²) in [6.07, 6.45) is 1.42. The van der Waals surface area contributed by atoms with E-state index in [-0.39, 0.29) is 18.1 Å². The summed E-state index contributed by atoms with van der Waals surface area (Å²) >= 11 is 0. The Hall–Kier alpha value is -2.88. The van der Waals surface area contributed by atoms with Crippen molar-refractivity contribution < 1.29 is 14.0 Å². The standard InChI is InChI=1S/C17H13NO3/c19-15(11-18-17(20)16-9-4-10-21-16)14-8-3-6-12-5-1-2-7-13(12)14/h1-10H,11H2,(H,18,20). The third-order valence-corrected chi connectivity index (χ3v) is 3.24. The van der Waals surface area contributed by atoms with Crippen molar-refractivity contribution in [3.05, 3.63) is 72.2 Å². The quantitative estimate of drug-likeness (QED) is 0.747. The van der Waals surface area contributed by atoms with E-state index < -0.39 is 5.91 Å². The molecule has 1 heterocycles. The van der Waals surface area contributed by atoms with E-state index in [1.54, 1.807) is 18.2 Å². The molecule has 1 N–H and O–H groups in total. The molecule has 0 atom stereocenters. The average Bonchev–Trinajstić information content (AvgIpc) is 3.06. The molecule has 0 aliphatic rings. The minimum absolute atomic E-state index is 0.0620. The summed E-state index contributed by atoms with van der Waals surface area (Å²) in [6.45, 7) is -0.0620. The Bertz CT molecular complexity index is 785. The van der Waals surface area contributed by atoms with Gasteiger partial charge in [-0.05, 0) is 22.9 Å². The van der Waals surface area contributed by atoms with Crippen molar-refractivity contribution in [1.29, 1.82) is 0 Å². The zero-order valence-corrected chi connectivity index (χ0v) is 11.2. The molecule has 0 aliphatic carbocycles. The van der Waals surface area contributed by atoms with E-state index in [0.29, 0.717) is 5.56 Å². The molecule has 3 aromatic rings. The van der Waals surface area contributed by atoms with Crippen molar-refractivity contribution in [3.63, 3.8) is 0 Å². The van der Waals surface area contributed by atoms with Gasteiger partial charge in [0, 0.05) is 5.56 Å². The van der Waals surface area contributed by atoms with Gasteiger partial charge in [-0.15, -0.1) is 0 Å². The third kappa shape index (κ3) is 2.69. The number of amides is 1. The molecule has 0 spiro atoms. The normalized spacial score (nSPS) is 10.5. The highest BCUT2D eigenvalue weighted by Crippen LogP contribution is 2.18. The first-order chi connectivity index (χ1) is 10.3. The summed E-state index contributed by atoms with van der Waals surface area (Å²) in [7, 11) is 0. The van der Waals surface area contributed by atoms with Gasteiger partial charge in [-0.25, -0.2) is 0 Å². The molecule has 4 nitrogen and oxygen atoms in total. The zero-order valence-electron chi connectivity index (χ0n) is 11.2. The van der Waals surface area contributed by atoms with Gasteiger partial charge in [-0.1, -0.05) is 42.5 Å². The van der Waals surface area contributed by atoms with Crippen molar-refractivity contribution in [3.8, 4) is 0 Å². The molecule has 0 saturated carbocycles. The van der Waals surface area contributed by atoms with Gasteiger partial charge in [-0.3, -0.25) is 9.59 Å². The van der Waals surface area contributed by atoms with Crippen LogP contribution in [0.15, 0.2) is 65.3 Å². The minimum atomic E-state index is -0.395. The lowest BCUT2D eigenvalue weighted by molar-refractivity contribution is 0.0886. The lowest BCUT2D eigenvalue weighted by Crippen LogP contribution is -2.29. The second kappa shape index (κ2) is 5.63. The van der Waals surface area contributed by atoms with Crippen LogP contribution >= 0.6 is 0 Å². The number of carbonyl (C=O) groups is 2. The molecule has 0 fully saturated rings. The first kappa shape index (κ1) is 13.1. The van der Waals surface area contributed by atoms with Crippen LogP contribution < -0.4 is 5.32 Å².